The van der Waals surface area contributed by atoms with Crippen molar-refractivity contribution in [2.24, 2.45) is 5.92 Å². The standard InChI is InChI=1S/C17H25Cl2N/c1-2-13-4-3-5-16(9-6-13)20-11-10-14-7-8-15(18)12-17(14)19/h7-8,12-13,16,20H,2-6,9-11H2,1H3. The number of halogens is 2. The lowest BCUT2D eigenvalue weighted by molar-refractivity contribution is 0.427. The van der Waals surface area contributed by atoms with Crippen LogP contribution >= 0.6 is 23.2 Å². The van der Waals surface area contributed by atoms with E-state index in [0.29, 0.717) is 11.1 Å². The second-order valence-corrected chi connectivity index (χ2v) is 6.76. The summed E-state index contributed by atoms with van der Waals surface area (Å²) in [7, 11) is 0. The number of hydrogen-bond acceptors (Lipinski definition) is 1. The normalized spacial score (nSPS) is 23.6. The zero-order chi connectivity index (χ0) is 14.4. The molecule has 1 aliphatic carbocycles. The van der Waals surface area contributed by atoms with E-state index in [1.54, 1.807) is 0 Å². The maximum Gasteiger partial charge on any atom is 0.0453 e. The number of benzene rings is 1. The highest BCUT2D eigenvalue weighted by atomic mass is 35.5. The van der Waals surface area contributed by atoms with Gasteiger partial charge >= 0.3 is 0 Å². The Balaban J connectivity index is 1.75. The minimum absolute atomic E-state index is 0.692. The van der Waals surface area contributed by atoms with E-state index in [4.69, 9.17) is 23.2 Å². The van der Waals surface area contributed by atoms with Crippen molar-refractivity contribution in [3.63, 3.8) is 0 Å². The molecule has 0 bridgehead atoms. The number of nitrogens with one attached hydrogen (secondary N) is 1. The SMILES string of the molecule is CCC1CCCC(NCCc2ccc(Cl)cc2Cl)CC1. The average Bonchev–Trinajstić information content (AvgIpc) is 2.66. The Morgan fingerprint density at radius 1 is 1.15 bits per heavy atom. The molecule has 1 aliphatic rings. The van der Waals surface area contributed by atoms with Crippen LogP contribution in [-0.4, -0.2) is 12.6 Å². The van der Waals surface area contributed by atoms with Gasteiger partial charge in [-0.05, 0) is 55.8 Å². The highest BCUT2D eigenvalue weighted by molar-refractivity contribution is 6.35. The zero-order valence-corrected chi connectivity index (χ0v) is 13.8. The van der Waals surface area contributed by atoms with Gasteiger partial charge in [-0.25, -0.2) is 0 Å². The lowest BCUT2D eigenvalue weighted by atomic mass is 9.98. The molecule has 0 amide bonds. The van der Waals surface area contributed by atoms with Crippen LogP contribution in [0.15, 0.2) is 18.2 Å². The molecule has 0 radical (unpaired) electrons. The summed E-state index contributed by atoms with van der Waals surface area (Å²) >= 11 is 12.1. The molecule has 0 spiro atoms. The maximum atomic E-state index is 6.20. The van der Waals surface area contributed by atoms with Gasteiger partial charge in [0.25, 0.3) is 0 Å². The summed E-state index contributed by atoms with van der Waals surface area (Å²) in [6.07, 6.45) is 9.14. The number of rotatable bonds is 5. The first-order valence-electron chi connectivity index (χ1n) is 7.86. The summed E-state index contributed by atoms with van der Waals surface area (Å²) in [5.74, 6) is 0.951. The van der Waals surface area contributed by atoms with Crippen LogP contribution in [0, 0.1) is 5.92 Å². The van der Waals surface area contributed by atoms with Crippen LogP contribution in [0.25, 0.3) is 0 Å². The third-order valence-corrected chi connectivity index (χ3v) is 5.10. The quantitative estimate of drug-likeness (QED) is 0.709. The van der Waals surface area contributed by atoms with E-state index >= 15 is 0 Å². The molecule has 1 saturated carbocycles. The Labute approximate surface area is 133 Å². The van der Waals surface area contributed by atoms with Gasteiger partial charge in [0.05, 0.1) is 0 Å². The molecule has 0 aromatic heterocycles. The minimum atomic E-state index is 0.692. The molecule has 3 heteroatoms. The van der Waals surface area contributed by atoms with Crippen molar-refractivity contribution in [2.45, 2.75) is 57.9 Å². The van der Waals surface area contributed by atoms with Crippen LogP contribution in [0.4, 0.5) is 0 Å². The summed E-state index contributed by atoms with van der Waals surface area (Å²) in [5.41, 5.74) is 1.18. The van der Waals surface area contributed by atoms with Crippen LogP contribution < -0.4 is 5.32 Å². The van der Waals surface area contributed by atoms with E-state index in [2.05, 4.69) is 12.2 Å². The lowest BCUT2D eigenvalue weighted by Crippen LogP contribution is -2.30. The smallest absolute Gasteiger partial charge is 0.0453 e. The highest BCUT2D eigenvalue weighted by Crippen LogP contribution is 2.25. The Morgan fingerprint density at radius 3 is 2.75 bits per heavy atom. The fraction of sp³-hybridized carbons (Fsp3) is 0.647. The van der Waals surface area contributed by atoms with Crippen molar-refractivity contribution in [1.29, 1.82) is 0 Å². The Morgan fingerprint density at radius 2 is 2.00 bits per heavy atom. The Kier molecular flexibility index (Phi) is 6.67. The fourth-order valence-corrected chi connectivity index (χ4v) is 3.63. The predicted octanol–water partition coefficient (Wildman–Crippen LogP) is 5.48. The number of hydrogen-bond donors (Lipinski definition) is 1. The molecule has 2 rings (SSSR count). The van der Waals surface area contributed by atoms with E-state index in [1.807, 2.05) is 18.2 Å². The molecule has 1 aromatic rings. The summed E-state index contributed by atoms with van der Waals surface area (Å²) in [4.78, 5) is 0. The molecule has 112 valence electrons. The second-order valence-electron chi connectivity index (χ2n) is 5.92. The summed E-state index contributed by atoms with van der Waals surface area (Å²) in [6.45, 7) is 3.32. The summed E-state index contributed by atoms with van der Waals surface area (Å²) in [5, 5.41) is 5.20. The third-order valence-electron chi connectivity index (χ3n) is 4.51. The van der Waals surface area contributed by atoms with Crippen molar-refractivity contribution in [3.05, 3.63) is 33.8 Å². The molecule has 0 aliphatic heterocycles. The van der Waals surface area contributed by atoms with Crippen LogP contribution in [0.2, 0.25) is 10.0 Å². The van der Waals surface area contributed by atoms with Crippen LogP contribution in [-0.2, 0) is 6.42 Å². The molecular formula is C17H25Cl2N. The van der Waals surface area contributed by atoms with Crippen molar-refractivity contribution in [3.8, 4) is 0 Å². The molecule has 20 heavy (non-hydrogen) atoms. The molecule has 1 nitrogen and oxygen atoms in total. The van der Waals surface area contributed by atoms with E-state index < -0.39 is 0 Å². The summed E-state index contributed by atoms with van der Waals surface area (Å²) in [6, 6.07) is 6.47. The molecule has 1 aromatic carbocycles. The molecule has 1 fully saturated rings. The van der Waals surface area contributed by atoms with Gasteiger partial charge in [-0.15, -0.1) is 0 Å². The third kappa shape index (κ3) is 4.95. The molecule has 1 N–H and O–H groups in total. The first-order chi connectivity index (χ1) is 9.69. The largest absolute Gasteiger partial charge is 0.314 e. The van der Waals surface area contributed by atoms with Crippen molar-refractivity contribution in [2.75, 3.05) is 6.54 Å². The molecule has 0 saturated heterocycles. The van der Waals surface area contributed by atoms with Gasteiger partial charge < -0.3 is 5.32 Å². The van der Waals surface area contributed by atoms with Gasteiger partial charge in [0, 0.05) is 16.1 Å². The molecule has 2 atom stereocenters. The van der Waals surface area contributed by atoms with Crippen molar-refractivity contribution < 1.29 is 0 Å². The first-order valence-corrected chi connectivity index (χ1v) is 8.62. The van der Waals surface area contributed by atoms with Gasteiger partial charge in [0.15, 0.2) is 0 Å². The van der Waals surface area contributed by atoms with Gasteiger partial charge in [-0.3, -0.25) is 0 Å². The van der Waals surface area contributed by atoms with E-state index in [0.717, 1.165) is 23.9 Å². The topological polar surface area (TPSA) is 12.0 Å². The van der Waals surface area contributed by atoms with Crippen molar-refractivity contribution >= 4 is 23.2 Å². The van der Waals surface area contributed by atoms with E-state index in [9.17, 15) is 0 Å². The van der Waals surface area contributed by atoms with Crippen LogP contribution in [0.3, 0.4) is 0 Å². The Hall–Kier alpha value is -0.240. The van der Waals surface area contributed by atoms with Gasteiger partial charge in [-0.1, -0.05) is 55.5 Å². The molecule has 2 unspecified atom stereocenters. The van der Waals surface area contributed by atoms with E-state index in [-0.39, 0.29) is 0 Å². The first kappa shape index (κ1) is 16.1. The Bertz CT molecular complexity index is 419. The monoisotopic (exact) mass is 313 g/mol. The van der Waals surface area contributed by atoms with Gasteiger partial charge in [-0.2, -0.15) is 0 Å². The molecular weight excluding hydrogens is 289 g/mol. The average molecular weight is 314 g/mol. The minimum Gasteiger partial charge on any atom is -0.314 e. The predicted molar refractivity (Wildman–Crippen MR) is 88.8 cm³/mol. The van der Waals surface area contributed by atoms with Gasteiger partial charge in [0.1, 0.15) is 0 Å². The lowest BCUT2D eigenvalue weighted by Gasteiger charge is -2.17. The van der Waals surface area contributed by atoms with Crippen molar-refractivity contribution in [1.82, 2.24) is 5.32 Å². The zero-order valence-electron chi connectivity index (χ0n) is 12.3. The summed E-state index contributed by atoms with van der Waals surface area (Å²) < 4.78 is 0. The van der Waals surface area contributed by atoms with Crippen LogP contribution in [0.5, 0.6) is 0 Å². The van der Waals surface area contributed by atoms with Gasteiger partial charge in [0.2, 0.25) is 0 Å². The maximum absolute atomic E-state index is 6.20. The fourth-order valence-electron chi connectivity index (χ4n) is 3.13. The van der Waals surface area contributed by atoms with E-state index in [1.165, 1.54) is 44.1 Å². The highest BCUT2D eigenvalue weighted by Gasteiger charge is 2.17. The molecule has 0 heterocycles. The second kappa shape index (κ2) is 8.26. The van der Waals surface area contributed by atoms with Crippen LogP contribution in [0.1, 0.15) is 51.0 Å².